The molecule has 23 heavy (non-hydrogen) atoms. The zero-order valence-electron chi connectivity index (χ0n) is 13.3. The molecule has 0 radical (unpaired) electrons. The summed E-state index contributed by atoms with van der Waals surface area (Å²) in [5.41, 5.74) is 0.334. The van der Waals surface area contributed by atoms with Gasteiger partial charge in [0.1, 0.15) is 0 Å². The van der Waals surface area contributed by atoms with E-state index >= 15 is 0 Å². The quantitative estimate of drug-likeness (QED) is 0.841. The van der Waals surface area contributed by atoms with E-state index in [0.29, 0.717) is 10.0 Å². The van der Waals surface area contributed by atoms with E-state index in [0.717, 1.165) is 25.7 Å². The number of carbonyl (C=O) groups is 1. The number of amides is 1. The zero-order chi connectivity index (χ0) is 17.0. The van der Waals surface area contributed by atoms with Crippen molar-refractivity contribution in [3.8, 4) is 0 Å². The summed E-state index contributed by atoms with van der Waals surface area (Å²) in [6.07, 6.45) is 7.93. The molecule has 0 heterocycles. The highest BCUT2D eigenvalue weighted by molar-refractivity contribution is 9.10. The molecule has 128 valence electrons. The van der Waals surface area contributed by atoms with E-state index in [1.165, 1.54) is 31.4 Å². The van der Waals surface area contributed by atoms with Gasteiger partial charge in [0.25, 0.3) is 5.91 Å². The Labute approximate surface area is 146 Å². The fourth-order valence-corrected chi connectivity index (χ4v) is 3.98. The Hall–Kier alpha value is -0.920. The first-order valence-electron chi connectivity index (χ1n) is 7.90. The van der Waals surface area contributed by atoms with Crippen LogP contribution >= 0.6 is 15.9 Å². The fraction of sp³-hybridized carbons (Fsp3) is 0.562. The number of nitrogens with two attached hydrogens (primary N) is 1. The van der Waals surface area contributed by atoms with E-state index in [1.54, 1.807) is 18.0 Å². The minimum atomic E-state index is -3.83. The van der Waals surface area contributed by atoms with Crippen LogP contribution in [0.25, 0.3) is 0 Å². The lowest BCUT2D eigenvalue weighted by atomic mass is 9.95. The smallest absolute Gasteiger partial charge is 0.255 e. The van der Waals surface area contributed by atoms with E-state index in [1.807, 2.05) is 0 Å². The molecule has 0 spiro atoms. The van der Waals surface area contributed by atoms with Crippen LogP contribution in [0.4, 0.5) is 0 Å². The van der Waals surface area contributed by atoms with Crippen LogP contribution in [-0.4, -0.2) is 32.3 Å². The Bertz CT molecular complexity index is 668. The summed E-state index contributed by atoms with van der Waals surface area (Å²) in [5, 5.41) is 5.16. The minimum Gasteiger partial charge on any atom is -0.339 e. The number of halogens is 1. The number of primary sulfonamides is 1. The topological polar surface area (TPSA) is 80.5 Å². The van der Waals surface area contributed by atoms with E-state index in [4.69, 9.17) is 5.14 Å². The second-order valence-corrected chi connectivity index (χ2v) is 8.52. The summed E-state index contributed by atoms with van der Waals surface area (Å²) < 4.78 is 23.6. The van der Waals surface area contributed by atoms with Crippen molar-refractivity contribution in [2.75, 3.05) is 7.05 Å². The van der Waals surface area contributed by atoms with Gasteiger partial charge in [0.15, 0.2) is 0 Å². The van der Waals surface area contributed by atoms with Gasteiger partial charge in [-0.05, 0) is 47.0 Å². The first-order chi connectivity index (χ1) is 10.8. The van der Waals surface area contributed by atoms with Crippen LogP contribution < -0.4 is 5.14 Å². The summed E-state index contributed by atoms with van der Waals surface area (Å²) in [7, 11) is -2.03. The second kappa shape index (κ2) is 7.77. The molecule has 7 heteroatoms. The van der Waals surface area contributed by atoms with Crippen LogP contribution in [-0.2, 0) is 10.0 Å². The van der Waals surface area contributed by atoms with E-state index in [9.17, 15) is 13.2 Å². The highest BCUT2D eigenvalue weighted by Crippen LogP contribution is 2.25. The molecule has 2 N–H and O–H groups in total. The average molecular weight is 403 g/mol. The van der Waals surface area contributed by atoms with Gasteiger partial charge in [-0.25, -0.2) is 13.6 Å². The Kier molecular flexibility index (Phi) is 6.22. The van der Waals surface area contributed by atoms with Crippen LogP contribution in [0.1, 0.15) is 55.3 Å². The maximum Gasteiger partial charge on any atom is 0.255 e. The third kappa shape index (κ3) is 4.78. The molecule has 1 aromatic carbocycles. The first-order valence-corrected chi connectivity index (χ1v) is 10.2. The van der Waals surface area contributed by atoms with E-state index in [-0.39, 0.29) is 16.8 Å². The molecule has 0 bridgehead atoms. The van der Waals surface area contributed by atoms with Crippen molar-refractivity contribution in [3.05, 3.63) is 28.2 Å². The van der Waals surface area contributed by atoms with Crippen molar-refractivity contribution in [3.63, 3.8) is 0 Å². The third-order valence-electron chi connectivity index (χ3n) is 4.44. The van der Waals surface area contributed by atoms with E-state index < -0.39 is 10.0 Å². The molecule has 0 aliphatic heterocycles. The Morgan fingerprint density at radius 1 is 1.17 bits per heavy atom. The third-order valence-corrected chi connectivity index (χ3v) is 6.04. The van der Waals surface area contributed by atoms with Crippen molar-refractivity contribution < 1.29 is 13.2 Å². The number of hydrogen-bond acceptors (Lipinski definition) is 3. The van der Waals surface area contributed by atoms with Crippen molar-refractivity contribution >= 4 is 31.9 Å². The SMILES string of the molecule is CN(C(=O)c1cc(S(N)(=O)=O)ccc1Br)C1CCCCCCC1. The highest BCUT2D eigenvalue weighted by atomic mass is 79.9. The molecule has 1 aliphatic rings. The van der Waals surface area contributed by atoms with Gasteiger partial charge in [-0.3, -0.25) is 4.79 Å². The lowest BCUT2D eigenvalue weighted by Gasteiger charge is -2.30. The first kappa shape index (κ1) is 18.4. The molecule has 1 fully saturated rings. The summed E-state index contributed by atoms with van der Waals surface area (Å²) >= 11 is 3.33. The molecule has 0 unspecified atom stereocenters. The molecule has 0 saturated heterocycles. The average Bonchev–Trinajstić information content (AvgIpc) is 2.45. The van der Waals surface area contributed by atoms with Gasteiger partial charge in [-0.2, -0.15) is 0 Å². The van der Waals surface area contributed by atoms with Crippen LogP contribution in [0.15, 0.2) is 27.6 Å². The van der Waals surface area contributed by atoms with Crippen molar-refractivity contribution in [2.45, 2.75) is 55.9 Å². The number of benzene rings is 1. The maximum absolute atomic E-state index is 12.8. The van der Waals surface area contributed by atoms with Crippen LogP contribution in [0, 0.1) is 0 Å². The number of rotatable bonds is 3. The van der Waals surface area contributed by atoms with Gasteiger partial charge >= 0.3 is 0 Å². The summed E-state index contributed by atoms with van der Waals surface area (Å²) in [6.45, 7) is 0. The van der Waals surface area contributed by atoms with Gasteiger partial charge in [-0.1, -0.05) is 32.1 Å². The Morgan fingerprint density at radius 3 is 2.30 bits per heavy atom. The number of hydrogen-bond donors (Lipinski definition) is 1. The fourth-order valence-electron chi connectivity index (χ4n) is 3.02. The van der Waals surface area contributed by atoms with Crippen LogP contribution in [0.2, 0.25) is 0 Å². The predicted molar refractivity (Wildman–Crippen MR) is 93.7 cm³/mol. The van der Waals surface area contributed by atoms with Crippen molar-refractivity contribution in [2.24, 2.45) is 5.14 Å². The van der Waals surface area contributed by atoms with Crippen LogP contribution in [0.3, 0.4) is 0 Å². The predicted octanol–water partition coefficient (Wildman–Crippen LogP) is 3.28. The molecule has 1 aromatic rings. The lowest BCUT2D eigenvalue weighted by Crippen LogP contribution is -2.37. The number of nitrogens with zero attached hydrogens (tertiary/aromatic N) is 1. The molecule has 5 nitrogen and oxygen atoms in total. The molecule has 0 aromatic heterocycles. The molecule has 0 atom stereocenters. The normalized spacial score (nSPS) is 17.3. The van der Waals surface area contributed by atoms with Crippen molar-refractivity contribution in [1.29, 1.82) is 0 Å². The maximum atomic E-state index is 12.8. The summed E-state index contributed by atoms with van der Waals surface area (Å²) in [4.78, 5) is 14.5. The van der Waals surface area contributed by atoms with Crippen molar-refractivity contribution in [1.82, 2.24) is 4.90 Å². The van der Waals surface area contributed by atoms with E-state index in [2.05, 4.69) is 15.9 Å². The Morgan fingerprint density at radius 2 is 1.74 bits per heavy atom. The van der Waals surface area contributed by atoms with Gasteiger partial charge < -0.3 is 4.90 Å². The second-order valence-electron chi connectivity index (χ2n) is 6.10. The number of sulfonamides is 1. The van der Waals surface area contributed by atoms with Crippen LogP contribution in [0.5, 0.6) is 0 Å². The standard InChI is InChI=1S/C16H23BrN2O3S/c1-19(12-7-5-3-2-4-6-8-12)16(20)14-11-13(23(18,21)22)9-10-15(14)17/h9-12H,2-8H2,1H3,(H2,18,21,22). The lowest BCUT2D eigenvalue weighted by molar-refractivity contribution is 0.0705. The highest BCUT2D eigenvalue weighted by Gasteiger charge is 2.24. The number of carbonyl (C=O) groups excluding carboxylic acids is 1. The summed E-state index contributed by atoms with van der Waals surface area (Å²) in [6, 6.07) is 4.50. The monoisotopic (exact) mass is 402 g/mol. The van der Waals surface area contributed by atoms with Gasteiger partial charge in [0, 0.05) is 17.6 Å². The molecule has 1 aliphatic carbocycles. The van der Waals surface area contributed by atoms with Gasteiger partial charge in [0.2, 0.25) is 10.0 Å². The molecule has 1 amide bonds. The summed E-state index contributed by atoms with van der Waals surface area (Å²) in [5.74, 6) is -0.173. The molecular weight excluding hydrogens is 380 g/mol. The van der Waals surface area contributed by atoms with Gasteiger partial charge in [0.05, 0.1) is 10.5 Å². The molecule has 2 rings (SSSR count). The molecule has 1 saturated carbocycles. The molecular formula is C16H23BrN2O3S. The minimum absolute atomic E-state index is 0.0462. The Balaban J connectivity index is 2.24. The van der Waals surface area contributed by atoms with Gasteiger partial charge in [-0.15, -0.1) is 0 Å². The largest absolute Gasteiger partial charge is 0.339 e. The zero-order valence-corrected chi connectivity index (χ0v) is 15.7.